The maximum Gasteiger partial charge on any atom is 0.0426 e. The zero-order valence-corrected chi connectivity index (χ0v) is 10.7. The van der Waals surface area contributed by atoms with Gasteiger partial charge in [0.15, 0.2) is 0 Å². The molecule has 2 nitrogen and oxygen atoms in total. The van der Waals surface area contributed by atoms with Crippen molar-refractivity contribution in [3.8, 4) is 0 Å². The molecule has 0 bridgehead atoms. The van der Waals surface area contributed by atoms with E-state index < -0.39 is 0 Å². The lowest BCUT2D eigenvalue weighted by molar-refractivity contribution is 0.494. The number of nitrogens with zero attached hydrogens (tertiary/aromatic N) is 1. The molecule has 2 atom stereocenters. The number of rotatable bonds is 2. The van der Waals surface area contributed by atoms with E-state index in [0.717, 1.165) is 29.9 Å². The quantitative estimate of drug-likeness (QED) is 0.859. The van der Waals surface area contributed by atoms with Crippen LogP contribution in [0.3, 0.4) is 0 Å². The molecule has 0 spiro atoms. The van der Waals surface area contributed by atoms with E-state index in [1.54, 1.807) is 0 Å². The first-order valence-corrected chi connectivity index (χ1v) is 6.23. The molecule has 1 aromatic rings. The molecule has 1 aliphatic rings. The number of halogens is 1. The predicted molar refractivity (Wildman–Crippen MR) is 69.9 cm³/mol. The molecule has 1 fully saturated rings. The van der Waals surface area contributed by atoms with Crippen LogP contribution >= 0.6 is 11.6 Å². The molecule has 2 rings (SSSR count). The van der Waals surface area contributed by atoms with E-state index in [-0.39, 0.29) is 0 Å². The zero-order valence-electron chi connectivity index (χ0n) is 9.91. The highest BCUT2D eigenvalue weighted by Crippen LogP contribution is 2.31. The first-order chi connectivity index (χ1) is 7.61. The van der Waals surface area contributed by atoms with E-state index in [1.807, 2.05) is 18.2 Å². The van der Waals surface area contributed by atoms with Crippen molar-refractivity contribution in [2.24, 2.45) is 17.6 Å². The molecule has 0 aromatic heterocycles. The topological polar surface area (TPSA) is 29.3 Å². The maximum atomic E-state index is 6.06. The van der Waals surface area contributed by atoms with Crippen LogP contribution in [0.5, 0.6) is 0 Å². The molecule has 2 N–H and O–H groups in total. The van der Waals surface area contributed by atoms with Crippen LogP contribution < -0.4 is 10.6 Å². The molecule has 2 unspecified atom stereocenters. The van der Waals surface area contributed by atoms with Gasteiger partial charge in [-0.05, 0) is 29.5 Å². The van der Waals surface area contributed by atoms with Gasteiger partial charge in [-0.1, -0.05) is 31.5 Å². The van der Waals surface area contributed by atoms with Gasteiger partial charge in [-0.3, -0.25) is 0 Å². The Morgan fingerprint density at radius 3 is 2.50 bits per heavy atom. The van der Waals surface area contributed by atoms with Crippen LogP contribution in [0, 0.1) is 11.8 Å². The monoisotopic (exact) mass is 238 g/mol. The fourth-order valence-corrected chi connectivity index (χ4v) is 2.50. The lowest BCUT2D eigenvalue weighted by Crippen LogP contribution is -2.21. The molecule has 16 heavy (non-hydrogen) atoms. The lowest BCUT2D eigenvalue weighted by Gasteiger charge is -2.21. The Bertz CT molecular complexity index is 368. The molecule has 0 aliphatic carbocycles. The minimum atomic E-state index is 0.575. The highest BCUT2D eigenvalue weighted by molar-refractivity contribution is 6.30. The van der Waals surface area contributed by atoms with Gasteiger partial charge < -0.3 is 10.6 Å². The largest absolute Gasteiger partial charge is 0.371 e. The Balaban J connectivity index is 2.29. The zero-order chi connectivity index (χ0) is 11.7. The smallest absolute Gasteiger partial charge is 0.0426 e. The molecule has 0 amide bonds. The van der Waals surface area contributed by atoms with Gasteiger partial charge in [-0.15, -0.1) is 0 Å². The van der Waals surface area contributed by atoms with Crippen LogP contribution in [0.4, 0.5) is 5.69 Å². The van der Waals surface area contributed by atoms with Gasteiger partial charge in [-0.2, -0.15) is 0 Å². The van der Waals surface area contributed by atoms with Gasteiger partial charge in [0.2, 0.25) is 0 Å². The van der Waals surface area contributed by atoms with Crippen molar-refractivity contribution in [1.29, 1.82) is 0 Å². The number of hydrogen-bond acceptors (Lipinski definition) is 2. The maximum absolute atomic E-state index is 6.06. The second kappa shape index (κ2) is 4.64. The van der Waals surface area contributed by atoms with Gasteiger partial charge >= 0.3 is 0 Å². The molecule has 88 valence electrons. The number of benzene rings is 1. The highest BCUT2D eigenvalue weighted by atomic mass is 35.5. The minimum Gasteiger partial charge on any atom is -0.371 e. The Hall–Kier alpha value is -0.730. The molecule has 1 saturated heterocycles. The van der Waals surface area contributed by atoms with Crippen LogP contribution in [0.1, 0.15) is 19.4 Å². The van der Waals surface area contributed by atoms with Crippen molar-refractivity contribution in [3.63, 3.8) is 0 Å². The molecule has 1 aliphatic heterocycles. The van der Waals surface area contributed by atoms with Crippen LogP contribution in [0.15, 0.2) is 18.2 Å². The lowest BCUT2D eigenvalue weighted by atomic mass is 10.0. The second-order valence-corrected chi connectivity index (χ2v) is 5.27. The molecule has 3 heteroatoms. The summed E-state index contributed by atoms with van der Waals surface area (Å²) < 4.78 is 0. The van der Waals surface area contributed by atoms with Crippen LogP contribution in [-0.4, -0.2) is 13.1 Å². The normalized spacial score (nSPS) is 25.1. The third-order valence-corrected chi connectivity index (χ3v) is 3.83. The highest BCUT2D eigenvalue weighted by Gasteiger charge is 2.27. The average molecular weight is 239 g/mol. The number of hydrogen-bond donors (Lipinski definition) is 1. The van der Waals surface area contributed by atoms with Crippen LogP contribution in [0.25, 0.3) is 0 Å². The summed E-state index contributed by atoms with van der Waals surface area (Å²) in [4.78, 5) is 2.41. The molecule has 1 heterocycles. The summed E-state index contributed by atoms with van der Waals surface area (Å²) in [6.45, 7) is 7.39. The Morgan fingerprint density at radius 1 is 1.31 bits per heavy atom. The third-order valence-electron chi connectivity index (χ3n) is 3.60. The Kier molecular flexibility index (Phi) is 3.41. The van der Waals surface area contributed by atoms with Crippen LogP contribution in [-0.2, 0) is 6.54 Å². The summed E-state index contributed by atoms with van der Waals surface area (Å²) in [6, 6.07) is 5.98. The van der Waals surface area contributed by atoms with Gasteiger partial charge in [0.05, 0.1) is 0 Å². The molecule has 0 saturated carbocycles. The molecule has 1 aromatic carbocycles. The van der Waals surface area contributed by atoms with E-state index in [0.29, 0.717) is 6.54 Å². The fourth-order valence-electron chi connectivity index (χ4n) is 2.33. The van der Waals surface area contributed by atoms with Gasteiger partial charge in [0.25, 0.3) is 0 Å². The first kappa shape index (κ1) is 11.7. The van der Waals surface area contributed by atoms with Crippen molar-refractivity contribution in [3.05, 3.63) is 28.8 Å². The number of nitrogens with two attached hydrogens (primary N) is 1. The van der Waals surface area contributed by atoms with Crippen LogP contribution in [0.2, 0.25) is 5.02 Å². The predicted octanol–water partition coefficient (Wildman–Crippen LogP) is 2.89. The standard InChI is InChI=1S/C13H19ClN2/c1-9-7-16(8-10(9)2)13-5-12(14)4-3-11(13)6-15/h3-5,9-10H,6-8,15H2,1-2H3. The van der Waals surface area contributed by atoms with Gasteiger partial charge in [0.1, 0.15) is 0 Å². The van der Waals surface area contributed by atoms with Crippen molar-refractivity contribution in [1.82, 2.24) is 0 Å². The summed E-state index contributed by atoms with van der Waals surface area (Å²) in [5.41, 5.74) is 8.17. The van der Waals surface area contributed by atoms with E-state index >= 15 is 0 Å². The SMILES string of the molecule is CC1CN(c2cc(Cl)ccc2CN)CC1C. The van der Waals surface area contributed by atoms with Crippen molar-refractivity contribution in [2.45, 2.75) is 20.4 Å². The summed E-state index contributed by atoms with van der Waals surface area (Å²) in [6.07, 6.45) is 0. The first-order valence-electron chi connectivity index (χ1n) is 5.85. The summed E-state index contributed by atoms with van der Waals surface area (Å²) in [5.74, 6) is 1.48. The average Bonchev–Trinajstić information content (AvgIpc) is 2.59. The molecular formula is C13H19ClN2. The van der Waals surface area contributed by atoms with Gasteiger partial charge in [0, 0.05) is 30.3 Å². The van der Waals surface area contributed by atoms with Crippen molar-refractivity contribution in [2.75, 3.05) is 18.0 Å². The Morgan fingerprint density at radius 2 is 1.94 bits per heavy atom. The van der Waals surface area contributed by atoms with Crippen molar-refractivity contribution >= 4 is 17.3 Å². The van der Waals surface area contributed by atoms with E-state index in [4.69, 9.17) is 17.3 Å². The van der Waals surface area contributed by atoms with E-state index in [1.165, 1.54) is 11.3 Å². The molecule has 0 radical (unpaired) electrons. The minimum absolute atomic E-state index is 0.575. The van der Waals surface area contributed by atoms with E-state index in [9.17, 15) is 0 Å². The summed E-state index contributed by atoms with van der Waals surface area (Å²) >= 11 is 6.06. The van der Waals surface area contributed by atoms with E-state index in [2.05, 4.69) is 18.7 Å². The number of anilines is 1. The Labute approximate surface area is 102 Å². The van der Waals surface area contributed by atoms with Crippen molar-refractivity contribution < 1.29 is 0 Å². The summed E-state index contributed by atoms with van der Waals surface area (Å²) in [5, 5.41) is 0.791. The summed E-state index contributed by atoms with van der Waals surface area (Å²) in [7, 11) is 0. The fraction of sp³-hybridized carbons (Fsp3) is 0.538. The molecular weight excluding hydrogens is 220 g/mol. The van der Waals surface area contributed by atoms with Gasteiger partial charge in [-0.25, -0.2) is 0 Å². The second-order valence-electron chi connectivity index (χ2n) is 4.84. The third kappa shape index (κ3) is 2.18.